The van der Waals surface area contributed by atoms with E-state index in [1.165, 1.54) is 0 Å². The topological polar surface area (TPSA) is 59.2 Å². The first-order valence-corrected chi connectivity index (χ1v) is 5.86. The molecule has 0 saturated heterocycles. The van der Waals surface area contributed by atoms with E-state index in [0.29, 0.717) is 17.8 Å². The van der Waals surface area contributed by atoms with Gasteiger partial charge in [0, 0.05) is 24.5 Å². The molecule has 0 unspecified atom stereocenters. The summed E-state index contributed by atoms with van der Waals surface area (Å²) in [6.07, 6.45) is 4.11. The Morgan fingerprint density at radius 2 is 2.00 bits per heavy atom. The Bertz CT molecular complexity index is 595. The van der Waals surface area contributed by atoms with Crippen LogP contribution in [0.15, 0.2) is 42.7 Å². The SMILES string of the molecule is Nc1cccc2c1N(C(=O)c1ccncc1)CC2. The van der Waals surface area contributed by atoms with E-state index in [1.807, 2.05) is 18.2 Å². The van der Waals surface area contributed by atoms with Crippen LogP contribution in [-0.2, 0) is 6.42 Å². The molecule has 1 aromatic carbocycles. The van der Waals surface area contributed by atoms with Gasteiger partial charge < -0.3 is 10.6 Å². The Balaban J connectivity index is 2.00. The maximum atomic E-state index is 12.4. The molecule has 4 heteroatoms. The summed E-state index contributed by atoms with van der Waals surface area (Å²) < 4.78 is 0. The number of amides is 1. The zero-order valence-corrected chi connectivity index (χ0v) is 9.84. The summed E-state index contributed by atoms with van der Waals surface area (Å²) in [5.74, 6) is -0.0194. The minimum absolute atomic E-state index is 0.0194. The van der Waals surface area contributed by atoms with Crippen LogP contribution in [-0.4, -0.2) is 17.4 Å². The van der Waals surface area contributed by atoms with Crippen LogP contribution >= 0.6 is 0 Å². The monoisotopic (exact) mass is 239 g/mol. The summed E-state index contributed by atoms with van der Waals surface area (Å²) in [5.41, 5.74) is 9.27. The zero-order chi connectivity index (χ0) is 12.5. The summed E-state index contributed by atoms with van der Waals surface area (Å²) in [6.45, 7) is 0.685. The molecule has 0 spiro atoms. The summed E-state index contributed by atoms with van der Waals surface area (Å²) in [5, 5.41) is 0. The third-order valence-corrected chi connectivity index (χ3v) is 3.20. The lowest BCUT2D eigenvalue weighted by Crippen LogP contribution is -2.29. The van der Waals surface area contributed by atoms with E-state index in [9.17, 15) is 4.79 Å². The van der Waals surface area contributed by atoms with E-state index in [4.69, 9.17) is 5.73 Å². The smallest absolute Gasteiger partial charge is 0.258 e. The van der Waals surface area contributed by atoms with Crippen molar-refractivity contribution in [3.8, 4) is 0 Å². The largest absolute Gasteiger partial charge is 0.397 e. The Morgan fingerprint density at radius 3 is 2.78 bits per heavy atom. The molecule has 0 atom stereocenters. The molecule has 0 fully saturated rings. The van der Waals surface area contributed by atoms with Gasteiger partial charge in [0.1, 0.15) is 0 Å². The maximum Gasteiger partial charge on any atom is 0.258 e. The molecule has 2 N–H and O–H groups in total. The van der Waals surface area contributed by atoms with E-state index >= 15 is 0 Å². The number of pyridine rings is 1. The van der Waals surface area contributed by atoms with Gasteiger partial charge in [-0.25, -0.2) is 0 Å². The van der Waals surface area contributed by atoms with Crippen LogP contribution in [0.2, 0.25) is 0 Å². The summed E-state index contributed by atoms with van der Waals surface area (Å²) in [6, 6.07) is 9.22. The average molecular weight is 239 g/mol. The number of carbonyl (C=O) groups excluding carboxylic acids is 1. The lowest BCUT2D eigenvalue weighted by molar-refractivity contribution is 0.0989. The molecule has 1 aliphatic rings. The third kappa shape index (κ3) is 1.62. The minimum atomic E-state index is -0.0194. The predicted molar refractivity (Wildman–Crippen MR) is 70.5 cm³/mol. The Morgan fingerprint density at radius 1 is 1.22 bits per heavy atom. The molecule has 2 heterocycles. The second-order valence-corrected chi connectivity index (χ2v) is 4.30. The van der Waals surface area contributed by atoms with Gasteiger partial charge in [-0.05, 0) is 30.2 Å². The number of aromatic nitrogens is 1. The number of nitrogens with zero attached hydrogens (tertiary/aromatic N) is 2. The molecule has 4 nitrogen and oxygen atoms in total. The minimum Gasteiger partial charge on any atom is -0.397 e. The molecule has 0 bridgehead atoms. The number of hydrogen-bond acceptors (Lipinski definition) is 3. The number of hydrogen-bond donors (Lipinski definition) is 1. The molecule has 18 heavy (non-hydrogen) atoms. The highest BCUT2D eigenvalue weighted by molar-refractivity contribution is 6.08. The average Bonchev–Trinajstić information content (AvgIpc) is 2.84. The molecule has 2 aromatic rings. The first-order chi connectivity index (χ1) is 8.77. The first-order valence-electron chi connectivity index (χ1n) is 5.86. The van der Waals surface area contributed by atoms with Gasteiger partial charge in [-0.3, -0.25) is 9.78 Å². The molecular formula is C14H13N3O. The molecular weight excluding hydrogens is 226 g/mol. The van der Waals surface area contributed by atoms with Crippen molar-refractivity contribution in [1.29, 1.82) is 0 Å². The van der Waals surface area contributed by atoms with Crippen molar-refractivity contribution in [2.45, 2.75) is 6.42 Å². The van der Waals surface area contributed by atoms with E-state index in [0.717, 1.165) is 17.7 Å². The zero-order valence-electron chi connectivity index (χ0n) is 9.84. The number of rotatable bonds is 1. The van der Waals surface area contributed by atoms with Gasteiger partial charge in [-0.1, -0.05) is 12.1 Å². The van der Waals surface area contributed by atoms with E-state index in [-0.39, 0.29) is 5.91 Å². The van der Waals surface area contributed by atoms with Gasteiger partial charge >= 0.3 is 0 Å². The fourth-order valence-corrected chi connectivity index (χ4v) is 2.34. The molecule has 90 valence electrons. The van der Waals surface area contributed by atoms with Gasteiger partial charge in [-0.15, -0.1) is 0 Å². The lowest BCUT2D eigenvalue weighted by Gasteiger charge is -2.18. The highest BCUT2D eigenvalue weighted by Gasteiger charge is 2.27. The maximum absolute atomic E-state index is 12.4. The number of nitrogen functional groups attached to an aromatic ring is 1. The van der Waals surface area contributed by atoms with Crippen LogP contribution in [0.25, 0.3) is 0 Å². The number of benzene rings is 1. The van der Waals surface area contributed by atoms with Crippen molar-refractivity contribution in [1.82, 2.24) is 4.98 Å². The normalized spacial score (nSPS) is 13.4. The highest BCUT2D eigenvalue weighted by Crippen LogP contribution is 2.34. The quantitative estimate of drug-likeness (QED) is 0.773. The second kappa shape index (κ2) is 4.14. The van der Waals surface area contributed by atoms with Crippen molar-refractivity contribution in [3.05, 3.63) is 53.9 Å². The molecule has 1 aromatic heterocycles. The predicted octanol–water partition coefficient (Wildman–Crippen LogP) is 1.87. The number of anilines is 2. The number of para-hydroxylation sites is 1. The van der Waals surface area contributed by atoms with Crippen LogP contribution in [0, 0.1) is 0 Å². The molecule has 1 aliphatic heterocycles. The number of nitrogens with two attached hydrogens (primary N) is 1. The Hall–Kier alpha value is -2.36. The fraction of sp³-hybridized carbons (Fsp3) is 0.143. The summed E-state index contributed by atoms with van der Waals surface area (Å²) >= 11 is 0. The van der Waals surface area contributed by atoms with E-state index in [2.05, 4.69) is 4.98 Å². The van der Waals surface area contributed by atoms with Crippen molar-refractivity contribution in [3.63, 3.8) is 0 Å². The van der Waals surface area contributed by atoms with Gasteiger partial charge in [0.25, 0.3) is 5.91 Å². The first kappa shape index (κ1) is 10.8. The summed E-state index contributed by atoms with van der Waals surface area (Å²) in [7, 11) is 0. The van der Waals surface area contributed by atoms with Crippen molar-refractivity contribution >= 4 is 17.3 Å². The Labute approximate surface area is 105 Å². The van der Waals surface area contributed by atoms with Crippen molar-refractivity contribution < 1.29 is 4.79 Å². The second-order valence-electron chi connectivity index (χ2n) is 4.30. The molecule has 3 rings (SSSR count). The molecule has 0 saturated carbocycles. The van der Waals surface area contributed by atoms with Crippen LogP contribution in [0.4, 0.5) is 11.4 Å². The third-order valence-electron chi connectivity index (χ3n) is 3.20. The van der Waals surface area contributed by atoms with Crippen molar-refractivity contribution in [2.75, 3.05) is 17.2 Å². The van der Waals surface area contributed by atoms with Gasteiger partial charge in [0.2, 0.25) is 0 Å². The van der Waals surface area contributed by atoms with Gasteiger partial charge in [0.05, 0.1) is 11.4 Å². The van der Waals surface area contributed by atoms with E-state index < -0.39 is 0 Å². The van der Waals surface area contributed by atoms with Gasteiger partial charge in [0.15, 0.2) is 0 Å². The van der Waals surface area contributed by atoms with E-state index in [1.54, 1.807) is 29.4 Å². The standard InChI is InChI=1S/C14H13N3O/c15-12-3-1-2-10-6-9-17(13(10)12)14(18)11-4-7-16-8-5-11/h1-5,7-8H,6,9,15H2. The highest BCUT2D eigenvalue weighted by atomic mass is 16.2. The van der Waals surface area contributed by atoms with Crippen LogP contribution in [0.3, 0.4) is 0 Å². The molecule has 0 radical (unpaired) electrons. The lowest BCUT2D eigenvalue weighted by atomic mass is 10.1. The number of fused-ring (bicyclic) bond motifs is 1. The van der Waals surface area contributed by atoms with Crippen LogP contribution in [0.5, 0.6) is 0 Å². The number of carbonyl (C=O) groups is 1. The fourth-order valence-electron chi connectivity index (χ4n) is 2.34. The van der Waals surface area contributed by atoms with Crippen molar-refractivity contribution in [2.24, 2.45) is 0 Å². The van der Waals surface area contributed by atoms with Gasteiger partial charge in [-0.2, -0.15) is 0 Å². The molecule has 1 amide bonds. The van der Waals surface area contributed by atoms with Crippen LogP contribution < -0.4 is 10.6 Å². The Kier molecular flexibility index (Phi) is 2.48. The summed E-state index contributed by atoms with van der Waals surface area (Å²) in [4.78, 5) is 18.1. The van der Waals surface area contributed by atoms with Crippen LogP contribution in [0.1, 0.15) is 15.9 Å². The molecule has 0 aliphatic carbocycles.